The predicted molar refractivity (Wildman–Crippen MR) is 214 cm³/mol. The second-order valence-electron chi connectivity index (χ2n) is 17.4. The van der Waals surface area contributed by atoms with E-state index in [2.05, 4.69) is 22.3 Å². The van der Waals surface area contributed by atoms with E-state index >= 15 is 0 Å². The van der Waals surface area contributed by atoms with Gasteiger partial charge in [0, 0.05) is 37.7 Å². The van der Waals surface area contributed by atoms with Crippen LogP contribution in [0.5, 0.6) is 0 Å². The third-order valence-corrected chi connectivity index (χ3v) is 12.0. The Labute approximate surface area is 356 Å². The normalized spacial score (nSPS) is 20.3. The van der Waals surface area contributed by atoms with Crippen LogP contribution in [-0.2, 0) is 48.8 Å². The van der Waals surface area contributed by atoms with Crippen LogP contribution in [0.4, 0.5) is 35.5 Å². The highest BCUT2D eigenvalue weighted by Crippen LogP contribution is 2.48. The zero-order valence-corrected chi connectivity index (χ0v) is 35.3. The van der Waals surface area contributed by atoms with Gasteiger partial charge in [-0.1, -0.05) is 36.4 Å². The maximum atomic E-state index is 14.1. The van der Waals surface area contributed by atoms with Crippen LogP contribution in [0.3, 0.4) is 0 Å². The number of fused-ring (bicyclic) bond motifs is 2. The number of unbranched alkanes of at least 4 members (excludes halogenated alkanes) is 1. The number of nitrogens with one attached hydrogen (secondary N) is 1. The van der Waals surface area contributed by atoms with Crippen LogP contribution in [0.2, 0.25) is 0 Å². The molecule has 10 nitrogen and oxygen atoms in total. The second-order valence-corrected chi connectivity index (χ2v) is 17.4. The molecule has 6 rings (SSSR count). The molecular weight excluding hydrogens is 826 g/mol. The highest BCUT2D eigenvalue weighted by atomic mass is 19.4. The van der Waals surface area contributed by atoms with Gasteiger partial charge in [-0.15, -0.1) is 0 Å². The summed E-state index contributed by atoms with van der Waals surface area (Å²) in [5, 5.41) is 2.72. The summed E-state index contributed by atoms with van der Waals surface area (Å²) in [4.78, 5) is 43.6. The summed E-state index contributed by atoms with van der Waals surface area (Å²) in [5.74, 6) is -1.74. The Kier molecular flexibility index (Phi) is 14.0. The van der Waals surface area contributed by atoms with E-state index in [0.717, 1.165) is 10.5 Å². The fourth-order valence-electron chi connectivity index (χ4n) is 8.68. The molecule has 1 spiro atoms. The van der Waals surface area contributed by atoms with Crippen molar-refractivity contribution in [1.82, 2.24) is 20.0 Å². The van der Waals surface area contributed by atoms with E-state index in [-0.39, 0.29) is 43.1 Å². The molecule has 0 saturated carbocycles. The first-order chi connectivity index (χ1) is 29.1. The van der Waals surface area contributed by atoms with Crippen molar-refractivity contribution >= 4 is 17.9 Å². The molecule has 17 heteroatoms. The lowest BCUT2D eigenvalue weighted by atomic mass is 9.72. The zero-order chi connectivity index (χ0) is 45.1. The predicted octanol–water partition coefficient (Wildman–Crippen LogP) is 8.32. The molecule has 1 aliphatic carbocycles. The van der Waals surface area contributed by atoms with Crippen LogP contribution in [0.1, 0.15) is 91.1 Å². The van der Waals surface area contributed by atoms with Crippen molar-refractivity contribution in [3.63, 3.8) is 0 Å². The smallest absolute Gasteiger partial charge is 0.416 e. The van der Waals surface area contributed by atoms with Crippen LogP contribution in [0, 0.1) is 5.82 Å². The van der Waals surface area contributed by atoms with Gasteiger partial charge >= 0.3 is 18.4 Å². The van der Waals surface area contributed by atoms with Crippen molar-refractivity contribution in [2.75, 3.05) is 59.7 Å². The number of piperidine rings is 1. The van der Waals surface area contributed by atoms with Crippen molar-refractivity contribution in [2.24, 2.45) is 0 Å². The number of ether oxygens (including phenoxy) is 3. The van der Waals surface area contributed by atoms with Gasteiger partial charge in [-0.3, -0.25) is 9.59 Å². The number of likely N-dealkylation sites (N-methyl/N-ethyl adjacent to an activating group) is 1. The van der Waals surface area contributed by atoms with Crippen LogP contribution in [0.25, 0.3) is 0 Å². The molecule has 0 unspecified atom stereocenters. The SMILES string of the molecule is CN(CCCCNC(=O)OC(C)(C)C)C(=O)CO[C@H]1Cc2ccccc2C12CCN(CC[C@@]1(c3ccc(F)cc3)CN(C(=O)c3cc(C(F)(F)F)cc(C(F)(F)F)c3)CO1)CC2. The first-order valence-corrected chi connectivity index (χ1v) is 20.7. The number of carbonyl (C=O) groups is 3. The number of halogens is 7. The lowest BCUT2D eigenvalue weighted by Gasteiger charge is -2.44. The summed E-state index contributed by atoms with van der Waals surface area (Å²) in [5.41, 5.74) is -3.31. The third kappa shape index (κ3) is 11.1. The number of nitrogens with zero attached hydrogens (tertiary/aromatic N) is 3. The van der Waals surface area contributed by atoms with Crippen LogP contribution in [0.15, 0.2) is 66.7 Å². The quantitative estimate of drug-likeness (QED) is 0.136. The van der Waals surface area contributed by atoms with Crippen LogP contribution in [-0.4, -0.2) is 104 Å². The van der Waals surface area contributed by atoms with Crippen molar-refractivity contribution in [3.8, 4) is 0 Å². The molecule has 3 aromatic carbocycles. The summed E-state index contributed by atoms with van der Waals surface area (Å²) in [7, 11) is 1.72. The Hall–Kier alpha value is -4.74. The Morgan fingerprint density at radius 3 is 2.18 bits per heavy atom. The second kappa shape index (κ2) is 18.5. The summed E-state index contributed by atoms with van der Waals surface area (Å²) in [6, 6.07) is 14.4. The van der Waals surface area contributed by atoms with Gasteiger partial charge in [0.25, 0.3) is 5.91 Å². The topological polar surface area (TPSA) is 101 Å². The van der Waals surface area contributed by atoms with E-state index in [4.69, 9.17) is 14.2 Å². The number of rotatable bonds is 13. The van der Waals surface area contributed by atoms with E-state index in [1.54, 1.807) is 32.7 Å². The average Bonchev–Trinajstić information content (AvgIpc) is 3.78. The molecular formula is C45H53F7N4O6. The average molecular weight is 879 g/mol. The fraction of sp³-hybridized carbons (Fsp3) is 0.533. The largest absolute Gasteiger partial charge is 0.444 e. The van der Waals surface area contributed by atoms with Crippen molar-refractivity contribution in [1.29, 1.82) is 0 Å². The lowest BCUT2D eigenvalue weighted by Crippen LogP contribution is -2.50. The van der Waals surface area contributed by atoms with Gasteiger partial charge in [0.05, 0.1) is 23.8 Å². The molecule has 0 bridgehead atoms. The number of hydrogen-bond acceptors (Lipinski definition) is 7. The first-order valence-electron chi connectivity index (χ1n) is 20.7. The standard InChI is InChI=1S/C45H53F7N4O6/c1-41(2,3)62-40(59)53-18-7-8-19-54(4)38(57)27-60-37-25-30-9-5-6-10-36(30)42(37)15-20-55(21-16-42)22-17-43(32-11-13-35(46)14-12-32)28-56(29-61-43)39(58)31-23-33(44(47,48)49)26-34(24-31)45(50,51)52/h5-6,9-14,23-24,26,37H,7-8,15-22,25,27-29H2,1-4H3,(H,53,59)/t37-,43-/m0/s1. The van der Waals surface area contributed by atoms with Crippen LogP contribution >= 0.6 is 0 Å². The van der Waals surface area contributed by atoms with Gasteiger partial charge in [-0.2, -0.15) is 26.3 Å². The Bertz CT molecular complexity index is 2030. The van der Waals surface area contributed by atoms with Crippen LogP contribution < -0.4 is 5.32 Å². The molecule has 2 fully saturated rings. The Balaban J connectivity index is 1.08. The maximum absolute atomic E-state index is 14.1. The highest BCUT2D eigenvalue weighted by molar-refractivity contribution is 5.95. The molecule has 0 aromatic heterocycles. The van der Waals surface area contributed by atoms with E-state index < -0.39 is 64.8 Å². The monoisotopic (exact) mass is 878 g/mol. The number of carbonyl (C=O) groups excluding carboxylic acids is 3. The number of amides is 3. The Morgan fingerprint density at radius 1 is 0.903 bits per heavy atom. The molecule has 0 radical (unpaired) electrons. The van der Waals surface area contributed by atoms with E-state index in [9.17, 15) is 45.1 Å². The van der Waals surface area contributed by atoms with E-state index in [0.29, 0.717) is 82.5 Å². The zero-order valence-electron chi connectivity index (χ0n) is 35.3. The highest BCUT2D eigenvalue weighted by Gasteiger charge is 2.50. The van der Waals surface area contributed by atoms with Gasteiger partial charge in [0.2, 0.25) is 5.91 Å². The molecule has 2 heterocycles. The minimum absolute atomic E-state index is 0.0277. The molecule has 2 atom stereocenters. The summed E-state index contributed by atoms with van der Waals surface area (Å²) in [6.45, 7) is 7.29. The maximum Gasteiger partial charge on any atom is 0.416 e. The number of hydrogen-bond donors (Lipinski definition) is 1. The molecule has 62 heavy (non-hydrogen) atoms. The van der Waals surface area contributed by atoms with Gasteiger partial charge in [-0.05, 0) is 119 Å². The third-order valence-electron chi connectivity index (χ3n) is 12.0. The molecule has 3 amide bonds. The minimum atomic E-state index is -5.13. The summed E-state index contributed by atoms with van der Waals surface area (Å²) >= 11 is 0. The number of likely N-dealkylation sites (tertiary alicyclic amines) is 1. The number of alkyl halides is 6. The van der Waals surface area contributed by atoms with Crippen molar-refractivity contribution in [2.45, 2.75) is 94.4 Å². The van der Waals surface area contributed by atoms with Crippen molar-refractivity contribution < 1.29 is 59.3 Å². The van der Waals surface area contributed by atoms with E-state index in [1.165, 1.54) is 29.8 Å². The lowest BCUT2D eigenvalue weighted by molar-refractivity contribution is -0.143. The minimum Gasteiger partial charge on any atom is -0.444 e. The van der Waals surface area contributed by atoms with Gasteiger partial charge in [-0.25, -0.2) is 9.18 Å². The fourth-order valence-corrected chi connectivity index (χ4v) is 8.68. The first kappa shape index (κ1) is 46.8. The molecule has 3 aromatic rings. The van der Waals surface area contributed by atoms with Gasteiger partial charge < -0.3 is 34.2 Å². The Morgan fingerprint density at radius 2 is 1.55 bits per heavy atom. The molecule has 1 N–H and O–H groups in total. The molecule has 338 valence electrons. The van der Waals surface area contributed by atoms with Gasteiger partial charge in [0.1, 0.15) is 30.4 Å². The summed E-state index contributed by atoms with van der Waals surface area (Å²) in [6.07, 6.45) is -7.34. The molecule has 3 aliphatic rings. The van der Waals surface area contributed by atoms with Crippen molar-refractivity contribution in [3.05, 3.63) is 106 Å². The van der Waals surface area contributed by atoms with Gasteiger partial charge in [0.15, 0.2) is 0 Å². The summed E-state index contributed by atoms with van der Waals surface area (Å²) < 4.78 is 114. The molecule has 2 aliphatic heterocycles. The van der Waals surface area contributed by atoms with E-state index in [1.807, 2.05) is 12.1 Å². The number of alkyl carbamates (subject to hydrolysis) is 1. The molecule has 2 saturated heterocycles. The number of benzene rings is 3.